The number of unbranched alkanes of at least 4 members (excludes halogenated alkanes) is 1. The van der Waals surface area contributed by atoms with E-state index in [9.17, 15) is 16.8 Å². The Morgan fingerprint density at radius 2 is 1.60 bits per heavy atom. The summed E-state index contributed by atoms with van der Waals surface area (Å²) in [5, 5.41) is 10.0. The van der Waals surface area contributed by atoms with Gasteiger partial charge in [0.05, 0.1) is 12.3 Å². The average Bonchev–Trinajstić information content (AvgIpc) is 2.28. The van der Waals surface area contributed by atoms with Crippen molar-refractivity contribution in [2.24, 2.45) is 10.3 Å². The van der Waals surface area contributed by atoms with Crippen molar-refractivity contribution in [3.8, 4) is 5.75 Å². The molecule has 0 bridgehead atoms. The van der Waals surface area contributed by atoms with Gasteiger partial charge in [-0.3, -0.25) is 0 Å². The highest BCUT2D eigenvalue weighted by molar-refractivity contribution is 7.89. The minimum Gasteiger partial charge on any atom is -0.492 e. The van der Waals surface area contributed by atoms with E-state index in [-0.39, 0.29) is 22.9 Å². The third-order valence-corrected chi connectivity index (χ3v) is 4.34. The molecule has 0 radical (unpaired) electrons. The van der Waals surface area contributed by atoms with Crippen LogP contribution in [0.2, 0.25) is 0 Å². The molecule has 1 aromatic carbocycles. The van der Waals surface area contributed by atoms with Gasteiger partial charge < -0.3 is 10.5 Å². The first-order chi connectivity index (χ1) is 9.07. The number of anilines is 1. The summed E-state index contributed by atoms with van der Waals surface area (Å²) in [6.07, 6.45) is 1.49. The maximum atomic E-state index is 11.5. The van der Waals surface area contributed by atoms with Crippen LogP contribution in [-0.4, -0.2) is 23.4 Å². The summed E-state index contributed by atoms with van der Waals surface area (Å²) in [5.74, 6) is -0.181. The molecule has 8 nitrogen and oxygen atoms in total. The predicted octanol–water partition coefficient (Wildman–Crippen LogP) is -0.257. The van der Waals surface area contributed by atoms with Crippen molar-refractivity contribution < 1.29 is 21.6 Å². The largest absolute Gasteiger partial charge is 0.492 e. The molecule has 0 aliphatic carbocycles. The van der Waals surface area contributed by atoms with E-state index in [1.807, 2.05) is 6.92 Å². The van der Waals surface area contributed by atoms with Crippen molar-refractivity contribution in [1.29, 1.82) is 0 Å². The standard InChI is InChI=1S/C10H17N3O5S2/c1-2-3-4-18-8-6-9(19(12,14)15)7(11)5-10(8)20(13,16)17/h5-6H,2-4,11H2,1H3,(H2,12,14,15)(H2,13,16,17). The fourth-order valence-corrected chi connectivity index (χ4v) is 2.81. The van der Waals surface area contributed by atoms with Crippen LogP contribution in [0.5, 0.6) is 5.75 Å². The Morgan fingerprint density at radius 3 is 2.05 bits per heavy atom. The van der Waals surface area contributed by atoms with Crippen LogP contribution in [0, 0.1) is 0 Å². The van der Waals surface area contributed by atoms with Crippen LogP contribution in [0.1, 0.15) is 19.8 Å². The first-order valence-electron chi connectivity index (χ1n) is 5.69. The van der Waals surface area contributed by atoms with Crippen LogP contribution in [0.15, 0.2) is 21.9 Å². The fourth-order valence-electron chi connectivity index (χ4n) is 1.47. The molecule has 20 heavy (non-hydrogen) atoms. The smallest absolute Gasteiger partial charge is 0.241 e. The molecular weight excluding hydrogens is 306 g/mol. The van der Waals surface area contributed by atoms with Crippen molar-refractivity contribution >= 4 is 25.7 Å². The molecule has 0 amide bonds. The average molecular weight is 323 g/mol. The van der Waals surface area contributed by atoms with Gasteiger partial charge in [0.1, 0.15) is 15.5 Å². The quantitative estimate of drug-likeness (QED) is 0.484. The van der Waals surface area contributed by atoms with Gasteiger partial charge in [-0.05, 0) is 12.5 Å². The van der Waals surface area contributed by atoms with Crippen molar-refractivity contribution in [3.63, 3.8) is 0 Å². The third kappa shape index (κ3) is 4.07. The Balaban J connectivity index is 3.43. The van der Waals surface area contributed by atoms with Crippen LogP contribution in [0.25, 0.3) is 0 Å². The third-order valence-electron chi connectivity index (χ3n) is 2.44. The molecule has 0 spiro atoms. The van der Waals surface area contributed by atoms with Crippen molar-refractivity contribution in [3.05, 3.63) is 12.1 Å². The van der Waals surface area contributed by atoms with E-state index in [1.165, 1.54) is 0 Å². The Labute approximate surface area is 118 Å². The normalized spacial score (nSPS) is 12.3. The summed E-state index contributed by atoms with van der Waals surface area (Å²) in [6.45, 7) is 2.13. The van der Waals surface area contributed by atoms with Crippen LogP contribution in [-0.2, 0) is 20.0 Å². The molecule has 0 atom stereocenters. The minimum atomic E-state index is -4.10. The highest BCUT2D eigenvalue weighted by Gasteiger charge is 2.22. The van der Waals surface area contributed by atoms with E-state index in [4.69, 9.17) is 20.7 Å². The topological polar surface area (TPSA) is 156 Å². The minimum absolute atomic E-state index is 0.181. The summed E-state index contributed by atoms with van der Waals surface area (Å²) >= 11 is 0. The Hall–Kier alpha value is -1.36. The molecule has 0 aliphatic heterocycles. The number of hydrogen-bond donors (Lipinski definition) is 3. The second-order valence-corrected chi connectivity index (χ2v) is 7.19. The lowest BCUT2D eigenvalue weighted by Gasteiger charge is -2.13. The van der Waals surface area contributed by atoms with Crippen LogP contribution < -0.4 is 20.7 Å². The Bertz CT molecular complexity index is 698. The molecule has 0 unspecified atom stereocenters. The predicted molar refractivity (Wildman–Crippen MR) is 74.0 cm³/mol. The zero-order chi connectivity index (χ0) is 15.6. The van der Waals surface area contributed by atoms with Gasteiger partial charge in [0.15, 0.2) is 0 Å². The summed E-state index contributed by atoms with van der Waals surface area (Å²) < 4.78 is 50.9. The number of nitrogen functional groups attached to an aromatic ring is 1. The molecule has 0 saturated carbocycles. The van der Waals surface area contributed by atoms with Gasteiger partial charge in [-0.25, -0.2) is 27.1 Å². The van der Waals surface area contributed by atoms with Gasteiger partial charge >= 0.3 is 0 Å². The lowest BCUT2D eigenvalue weighted by Crippen LogP contribution is -2.18. The zero-order valence-corrected chi connectivity index (χ0v) is 12.5. The molecule has 10 heteroatoms. The van der Waals surface area contributed by atoms with Gasteiger partial charge in [0.2, 0.25) is 20.0 Å². The number of hydrogen-bond acceptors (Lipinski definition) is 6. The van der Waals surface area contributed by atoms with E-state index in [2.05, 4.69) is 0 Å². The van der Waals surface area contributed by atoms with Gasteiger partial charge in [0, 0.05) is 6.07 Å². The lowest BCUT2D eigenvalue weighted by atomic mass is 10.3. The molecule has 0 aliphatic rings. The number of nitrogens with two attached hydrogens (primary N) is 3. The number of ether oxygens (including phenoxy) is 1. The number of sulfonamides is 2. The van der Waals surface area contributed by atoms with E-state index in [0.29, 0.717) is 6.42 Å². The maximum absolute atomic E-state index is 11.5. The summed E-state index contributed by atoms with van der Waals surface area (Å²) in [4.78, 5) is -0.782. The SMILES string of the molecule is CCCCOc1cc(S(N)(=O)=O)c(N)cc1S(N)(=O)=O. The Morgan fingerprint density at radius 1 is 1.05 bits per heavy atom. The second kappa shape index (κ2) is 5.95. The first-order valence-corrected chi connectivity index (χ1v) is 8.78. The molecule has 114 valence electrons. The van der Waals surface area contributed by atoms with Crippen LogP contribution >= 0.6 is 0 Å². The summed E-state index contributed by atoms with van der Waals surface area (Å²) in [6, 6.07) is 1.90. The number of rotatable bonds is 6. The van der Waals surface area contributed by atoms with Gasteiger partial charge in [0.25, 0.3) is 0 Å². The van der Waals surface area contributed by atoms with Crippen molar-refractivity contribution in [2.45, 2.75) is 29.6 Å². The molecule has 0 aromatic heterocycles. The monoisotopic (exact) mass is 323 g/mol. The zero-order valence-electron chi connectivity index (χ0n) is 10.9. The second-order valence-electron chi connectivity index (χ2n) is 4.13. The van der Waals surface area contributed by atoms with Gasteiger partial charge in [-0.15, -0.1) is 0 Å². The summed E-state index contributed by atoms with van der Waals surface area (Å²) in [7, 11) is -8.19. The molecule has 0 fully saturated rings. The summed E-state index contributed by atoms with van der Waals surface area (Å²) in [5.41, 5.74) is 5.19. The molecule has 6 N–H and O–H groups in total. The van der Waals surface area contributed by atoms with Crippen molar-refractivity contribution in [2.75, 3.05) is 12.3 Å². The number of primary sulfonamides is 2. The van der Waals surface area contributed by atoms with Crippen molar-refractivity contribution in [1.82, 2.24) is 0 Å². The maximum Gasteiger partial charge on any atom is 0.241 e. The molecule has 0 heterocycles. The number of benzene rings is 1. The molecular formula is C10H17N3O5S2. The first kappa shape index (κ1) is 16.7. The molecule has 0 saturated heterocycles. The van der Waals surface area contributed by atoms with Gasteiger partial charge in [-0.1, -0.05) is 13.3 Å². The molecule has 1 aromatic rings. The fraction of sp³-hybridized carbons (Fsp3) is 0.400. The van der Waals surface area contributed by atoms with E-state index in [1.54, 1.807) is 0 Å². The van der Waals surface area contributed by atoms with E-state index in [0.717, 1.165) is 18.6 Å². The van der Waals surface area contributed by atoms with Crippen LogP contribution in [0.4, 0.5) is 5.69 Å². The molecule has 1 rings (SSSR count). The van der Waals surface area contributed by atoms with Crippen LogP contribution in [0.3, 0.4) is 0 Å². The highest BCUT2D eigenvalue weighted by Crippen LogP contribution is 2.30. The Kier molecular flexibility index (Phi) is 4.97. The van der Waals surface area contributed by atoms with E-state index < -0.39 is 24.9 Å². The highest BCUT2D eigenvalue weighted by atomic mass is 32.2. The lowest BCUT2D eigenvalue weighted by molar-refractivity contribution is 0.301. The van der Waals surface area contributed by atoms with E-state index >= 15 is 0 Å². The van der Waals surface area contributed by atoms with Gasteiger partial charge in [-0.2, -0.15) is 0 Å².